The van der Waals surface area contributed by atoms with Crippen LogP contribution in [0, 0.1) is 21.7 Å². The van der Waals surface area contributed by atoms with Crippen LogP contribution < -0.4 is 10.5 Å². The summed E-state index contributed by atoms with van der Waals surface area (Å²) in [6.45, 7) is 0. The molecule has 1 aromatic carbocycles. The highest BCUT2D eigenvalue weighted by Crippen LogP contribution is 2.30. The summed E-state index contributed by atoms with van der Waals surface area (Å²) in [5, 5.41) is 10.7. The maximum Gasteiger partial charge on any atom is 0.349 e. The number of benzene rings is 1. The second-order valence-electron chi connectivity index (χ2n) is 3.33. The lowest BCUT2D eigenvalue weighted by atomic mass is 10.3. The first-order valence-electron chi connectivity index (χ1n) is 4.88. The molecule has 1 heterocycles. The van der Waals surface area contributed by atoms with E-state index in [0.29, 0.717) is 0 Å². The predicted octanol–water partition coefficient (Wildman–Crippen LogP) is 2.04. The molecule has 98 valence electrons. The molecule has 0 spiro atoms. The number of ether oxygens (including phenoxy) is 1. The van der Waals surface area contributed by atoms with Crippen LogP contribution in [0.15, 0.2) is 24.4 Å². The van der Waals surface area contributed by atoms with Gasteiger partial charge in [0.2, 0.25) is 11.8 Å². The summed E-state index contributed by atoms with van der Waals surface area (Å²) in [6.07, 6.45) is 0.814. The number of aromatic nitrogens is 2. The molecule has 0 radical (unpaired) electrons. The summed E-state index contributed by atoms with van der Waals surface area (Å²) >= 11 is 0. The highest BCUT2D eigenvalue weighted by atomic mass is 19.2. The summed E-state index contributed by atoms with van der Waals surface area (Å²) in [4.78, 5) is 16.8. The molecule has 0 saturated carbocycles. The molecule has 19 heavy (non-hydrogen) atoms. The van der Waals surface area contributed by atoms with Crippen molar-refractivity contribution in [1.29, 1.82) is 0 Å². The Labute approximate surface area is 104 Å². The SMILES string of the molecule is Nc1ncc([N+](=O)[O-])c(Oc2cccc(F)c2F)n1. The van der Waals surface area contributed by atoms with Gasteiger partial charge in [-0.05, 0) is 12.1 Å². The number of hydrogen-bond acceptors (Lipinski definition) is 6. The Kier molecular flexibility index (Phi) is 3.19. The Morgan fingerprint density at radius 3 is 2.79 bits per heavy atom. The Bertz CT molecular complexity index is 651. The molecule has 0 saturated heterocycles. The summed E-state index contributed by atoms with van der Waals surface area (Å²) in [5.41, 5.74) is 4.64. The third-order valence-corrected chi connectivity index (χ3v) is 2.07. The third kappa shape index (κ3) is 2.54. The van der Waals surface area contributed by atoms with Gasteiger partial charge in [-0.1, -0.05) is 6.07 Å². The highest BCUT2D eigenvalue weighted by Gasteiger charge is 2.21. The quantitative estimate of drug-likeness (QED) is 0.674. The summed E-state index contributed by atoms with van der Waals surface area (Å²) in [7, 11) is 0. The lowest BCUT2D eigenvalue weighted by molar-refractivity contribution is -0.386. The van der Waals surface area contributed by atoms with Crippen molar-refractivity contribution in [2.45, 2.75) is 0 Å². The van der Waals surface area contributed by atoms with E-state index >= 15 is 0 Å². The maximum atomic E-state index is 13.4. The van der Waals surface area contributed by atoms with E-state index < -0.39 is 33.9 Å². The van der Waals surface area contributed by atoms with Crippen LogP contribution in [-0.2, 0) is 0 Å². The predicted molar refractivity (Wildman–Crippen MR) is 59.5 cm³/mol. The first-order chi connectivity index (χ1) is 8.99. The monoisotopic (exact) mass is 268 g/mol. The third-order valence-electron chi connectivity index (χ3n) is 2.07. The summed E-state index contributed by atoms with van der Waals surface area (Å²) in [6, 6.07) is 3.16. The molecule has 2 rings (SSSR count). The number of nitrogens with zero attached hydrogens (tertiary/aromatic N) is 3. The molecule has 0 aliphatic rings. The molecule has 7 nitrogen and oxygen atoms in total. The van der Waals surface area contributed by atoms with E-state index in [1.165, 1.54) is 6.07 Å². The summed E-state index contributed by atoms with van der Waals surface area (Å²) in [5.74, 6) is -3.84. The fourth-order valence-corrected chi connectivity index (χ4v) is 1.24. The molecular formula is C10H6F2N4O3. The first-order valence-corrected chi connectivity index (χ1v) is 4.88. The number of nitrogen functional groups attached to an aromatic ring is 1. The molecule has 0 unspecified atom stereocenters. The van der Waals surface area contributed by atoms with Crippen molar-refractivity contribution in [2.75, 3.05) is 5.73 Å². The minimum absolute atomic E-state index is 0.294. The fraction of sp³-hybridized carbons (Fsp3) is 0. The van der Waals surface area contributed by atoms with E-state index in [9.17, 15) is 18.9 Å². The molecule has 1 aromatic heterocycles. The van der Waals surface area contributed by atoms with Crippen LogP contribution >= 0.6 is 0 Å². The zero-order valence-corrected chi connectivity index (χ0v) is 9.21. The largest absolute Gasteiger partial charge is 0.430 e. The van der Waals surface area contributed by atoms with Gasteiger partial charge in [0.15, 0.2) is 11.6 Å². The van der Waals surface area contributed by atoms with Gasteiger partial charge in [-0.25, -0.2) is 9.37 Å². The van der Waals surface area contributed by atoms with Gasteiger partial charge in [0.25, 0.3) is 0 Å². The lowest BCUT2D eigenvalue weighted by Gasteiger charge is -2.06. The molecule has 2 aromatic rings. The highest BCUT2D eigenvalue weighted by molar-refractivity contribution is 5.44. The van der Waals surface area contributed by atoms with Gasteiger partial charge in [-0.2, -0.15) is 9.37 Å². The van der Waals surface area contributed by atoms with Crippen LogP contribution in [0.5, 0.6) is 11.6 Å². The van der Waals surface area contributed by atoms with Crippen molar-refractivity contribution in [1.82, 2.24) is 9.97 Å². The normalized spacial score (nSPS) is 10.2. The Balaban J connectivity index is 2.45. The van der Waals surface area contributed by atoms with Crippen LogP contribution in [0.4, 0.5) is 20.4 Å². The smallest absolute Gasteiger partial charge is 0.349 e. The first kappa shape index (κ1) is 12.6. The van der Waals surface area contributed by atoms with Gasteiger partial charge in [-0.3, -0.25) is 10.1 Å². The molecule has 0 fully saturated rings. The number of halogens is 2. The van der Waals surface area contributed by atoms with E-state index in [1.54, 1.807) is 0 Å². The van der Waals surface area contributed by atoms with E-state index in [2.05, 4.69) is 9.97 Å². The van der Waals surface area contributed by atoms with Crippen LogP contribution in [0.3, 0.4) is 0 Å². The van der Waals surface area contributed by atoms with Crippen molar-refractivity contribution < 1.29 is 18.4 Å². The minimum atomic E-state index is -1.28. The lowest BCUT2D eigenvalue weighted by Crippen LogP contribution is -2.02. The van der Waals surface area contributed by atoms with Gasteiger partial charge >= 0.3 is 11.6 Å². The average molecular weight is 268 g/mol. The zero-order chi connectivity index (χ0) is 14.0. The summed E-state index contributed by atoms with van der Waals surface area (Å²) < 4.78 is 31.2. The minimum Gasteiger partial charge on any atom is -0.430 e. The molecule has 0 bridgehead atoms. The number of hydrogen-bond donors (Lipinski definition) is 1. The van der Waals surface area contributed by atoms with Crippen molar-refractivity contribution >= 4 is 11.6 Å². The topological polar surface area (TPSA) is 104 Å². The standard InChI is InChI=1S/C10H6F2N4O3/c11-5-2-1-3-7(8(5)12)19-9-6(16(17)18)4-14-10(13)15-9/h1-4H,(H2,13,14,15). The van der Waals surface area contributed by atoms with E-state index in [0.717, 1.165) is 18.3 Å². The average Bonchev–Trinajstić information content (AvgIpc) is 2.35. The molecule has 9 heteroatoms. The molecule has 0 aliphatic carbocycles. The Morgan fingerprint density at radius 2 is 2.11 bits per heavy atom. The van der Waals surface area contributed by atoms with Crippen LogP contribution in [0.2, 0.25) is 0 Å². The maximum absolute atomic E-state index is 13.4. The van der Waals surface area contributed by atoms with Crippen LogP contribution in [-0.4, -0.2) is 14.9 Å². The van der Waals surface area contributed by atoms with E-state index in [-0.39, 0.29) is 5.95 Å². The number of anilines is 1. The van der Waals surface area contributed by atoms with Crippen molar-refractivity contribution in [3.05, 3.63) is 46.1 Å². The molecule has 2 N–H and O–H groups in total. The fourth-order valence-electron chi connectivity index (χ4n) is 1.24. The van der Waals surface area contributed by atoms with Gasteiger partial charge in [0.1, 0.15) is 6.20 Å². The van der Waals surface area contributed by atoms with Crippen molar-refractivity contribution in [3.8, 4) is 11.6 Å². The number of nitrogens with two attached hydrogens (primary N) is 1. The Hall–Kier alpha value is -2.84. The molecule has 0 atom stereocenters. The second-order valence-corrected chi connectivity index (χ2v) is 3.33. The zero-order valence-electron chi connectivity index (χ0n) is 9.21. The number of nitro groups is 1. The second kappa shape index (κ2) is 4.80. The van der Waals surface area contributed by atoms with Gasteiger partial charge in [0, 0.05) is 0 Å². The Morgan fingerprint density at radius 1 is 1.37 bits per heavy atom. The van der Waals surface area contributed by atoms with Crippen LogP contribution in [0.1, 0.15) is 0 Å². The van der Waals surface area contributed by atoms with Crippen LogP contribution in [0.25, 0.3) is 0 Å². The molecular weight excluding hydrogens is 262 g/mol. The van der Waals surface area contributed by atoms with Gasteiger partial charge in [0.05, 0.1) is 4.92 Å². The van der Waals surface area contributed by atoms with E-state index in [1.807, 2.05) is 0 Å². The molecule has 0 aliphatic heterocycles. The van der Waals surface area contributed by atoms with Gasteiger partial charge in [-0.15, -0.1) is 0 Å². The number of rotatable bonds is 3. The molecule has 0 amide bonds. The van der Waals surface area contributed by atoms with Crippen molar-refractivity contribution in [3.63, 3.8) is 0 Å². The van der Waals surface area contributed by atoms with Gasteiger partial charge < -0.3 is 10.5 Å². The van der Waals surface area contributed by atoms with E-state index in [4.69, 9.17) is 10.5 Å². The van der Waals surface area contributed by atoms with Crippen molar-refractivity contribution in [2.24, 2.45) is 0 Å².